The minimum Gasteiger partial charge on any atom is -0.475 e. The molecule has 1 atom stereocenters. The van der Waals surface area contributed by atoms with Crippen LogP contribution < -0.4 is 5.73 Å². The number of hydrogen-bond donors (Lipinski definition) is 3. The van der Waals surface area contributed by atoms with E-state index in [1.807, 2.05) is 21.7 Å². The number of carboxylic acid groups (broad SMARTS) is 2. The number of amides is 1. The van der Waals surface area contributed by atoms with Gasteiger partial charge in [0.25, 0.3) is 0 Å². The van der Waals surface area contributed by atoms with Gasteiger partial charge in [0.1, 0.15) is 0 Å². The molecule has 234 valence electrons. The third kappa shape index (κ3) is 11.6. The highest BCUT2D eigenvalue weighted by atomic mass is 19.4. The average molecular weight is 611 g/mol. The maximum atomic E-state index is 12.6. The number of aromatic nitrogens is 3. The summed E-state index contributed by atoms with van der Waals surface area (Å²) in [4.78, 5) is 34.7. The van der Waals surface area contributed by atoms with Crippen molar-refractivity contribution < 1.29 is 50.9 Å². The number of hydrogen-bond acceptors (Lipinski definition) is 7. The van der Waals surface area contributed by atoms with Crippen LogP contribution in [-0.2, 0) is 27.3 Å². The fourth-order valence-electron chi connectivity index (χ4n) is 4.29. The number of aliphatic carboxylic acids is 2. The summed E-state index contributed by atoms with van der Waals surface area (Å²) in [5, 5.41) is 23.0. The number of nitrogens with two attached hydrogens (primary N) is 1. The summed E-state index contributed by atoms with van der Waals surface area (Å²) in [6.45, 7) is 6.42. The summed E-state index contributed by atoms with van der Waals surface area (Å²) in [5.41, 5.74) is 9.27. The molecule has 2 aromatic rings. The van der Waals surface area contributed by atoms with Crippen molar-refractivity contribution in [2.45, 2.75) is 63.6 Å². The summed E-state index contributed by atoms with van der Waals surface area (Å²) in [5.74, 6) is -5.30. The zero-order valence-electron chi connectivity index (χ0n) is 22.6. The van der Waals surface area contributed by atoms with E-state index < -0.39 is 24.3 Å². The number of piperidine rings is 1. The SMILES string of the molecule is Cc1cccc(CC(=O)N2CCC(n3cc(CN4CC[C@@H](N)C4)nn3)CC2)c1.O=C(O)C(F)(F)F.O=C(O)C(F)(F)F. The molecule has 11 nitrogen and oxygen atoms in total. The third-order valence-electron chi connectivity index (χ3n) is 6.37. The largest absolute Gasteiger partial charge is 0.490 e. The summed E-state index contributed by atoms with van der Waals surface area (Å²) in [6, 6.07) is 8.81. The van der Waals surface area contributed by atoms with E-state index in [1.54, 1.807) is 0 Å². The molecule has 0 unspecified atom stereocenters. The quantitative estimate of drug-likeness (QED) is 0.434. The Morgan fingerprint density at radius 2 is 1.55 bits per heavy atom. The second kappa shape index (κ2) is 14.9. The highest BCUT2D eigenvalue weighted by Gasteiger charge is 2.39. The van der Waals surface area contributed by atoms with Gasteiger partial charge in [0.2, 0.25) is 5.91 Å². The van der Waals surface area contributed by atoms with Crippen LogP contribution in [0, 0.1) is 6.92 Å². The van der Waals surface area contributed by atoms with Crippen LogP contribution in [0.5, 0.6) is 0 Å². The van der Waals surface area contributed by atoms with E-state index in [9.17, 15) is 31.1 Å². The molecule has 1 amide bonds. The van der Waals surface area contributed by atoms with Crippen molar-refractivity contribution in [1.29, 1.82) is 0 Å². The van der Waals surface area contributed by atoms with E-state index in [2.05, 4.69) is 40.5 Å². The number of rotatable bonds is 5. The third-order valence-corrected chi connectivity index (χ3v) is 6.37. The van der Waals surface area contributed by atoms with E-state index in [4.69, 9.17) is 25.5 Å². The van der Waals surface area contributed by atoms with Crippen LogP contribution in [0.3, 0.4) is 0 Å². The minimum absolute atomic E-state index is 0.216. The average Bonchev–Trinajstić information content (AvgIpc) is 3.52. The molecule has 0 aliphatic carbocycles. The molecular weight excluding hydrogens is 578 g/mol. The lowest BCUT2D eigenvalue weighted by Gasteiger charge is -2.32. The van der Waals surface area contributed by atoms with Crippen LogP contribution in [0.4, 0.5) is 26.3 Å². The molecule has 2 aliphatic heterocycles. The molecule has 0 bridgehead atoms. The predicted octanol–water partition coefficient (Wildman–Crippen LogP) is 2.79. The van der Waals surface area contributed by atoms with Crippen molar-refractivity contribution in [3.8, 4) is 0 Å². The number of carbonyl (C=O) groups is 3. The van der Waals surface area contributed by atoms with Gasteiger partial charge in [-0.25, -0.2) is 14.3 Å². The van der Waals surface area contributed by atoms with Gasteiger partial charge in [0.15, 0.2) is 0 Å². The van der Waals surface area contributed by atoms with Crippen molar-refractivity contribution in [2.75, 3.05) is 26.2 Å². The van der Waals surface area contributed by atoms with Crippen molar-refractivity contribution >= 4 is 17.8 Å². The maximum Gasteiger partial charge on any atom is 0.490 e. The summed E-state index contributed by atoms with van der Waals surface area (Å²) in [7, 11) is 0. The highest BCUT2D eigenvalue weighted by Crippen LogP contribution is 2.23. The molecule has 2 aliphatic rings. The molecule has 0 saturated carbocycles. The molecule has 2 fully saturated rings. The van der Waals surface area contributed by atoms with E-state index in [0.29, 0.717) is 12.5 Å². The molecule has 0 spiro atoms. The van der Waals surface area contributed by atoms with Crippen LogP contribution in [-0.4, -0.2) is 97.4 Å². The Morgan fingerprint density at radius 3 is 2.02 bits per heavy atom. The number of nitrogens with zero attached hydrogens (tertiary/aromatic N) is 5. The summed E-state index contributed by atoms with van der Waals surface area (Å²) >= 11 is 0. The number of alkyl halides is 6. The zero-order valence-corrected chi connectivity index (χ0v) is 22.6. The number of benzene rings is 1. The smallest absolute Gasteiger partial charge is 0.475 e. The van der Waals surface area contributed by atoms with Crippen molar-refractivity contribution in [1.82, 2.24) is 24.8 Å². The van der Waals surface area contributed by atoms with Crippen LogP contribution in [0.2, 0.25) is 0 Å². The van der Waals surface area contributed by atoms with Gasteiger partial charge in [-0.1, -0.05) is 35.0 Å². The molecule has 3 heterocycles. The molecule has 42 heavy (non-hydrogen) atoms. The Labute approximate surface area is 236 Å². The molecule has 17 heteroatoms. The van der Waals surface area contributed by atoms with Crippen LogP contribution in [0.15, 0.2) is 30.5 Å². The number of halogens is 6. The van der Waals surface area contributed by atoms with E-state index >= 15 is 0 Å². The number of carbonyl (C=O) groups excluding carboxylic acids is 1. The summed E-state index contributed by atoms with van der Waals surface area (Å²) in [6.07, 6.45) is -4.70. The van der Waals surface area contributed by atoms with Gasteiger partial charge in [0.05, 0.1) is 24.4 Å². The maximum absolute atomic E-state index is 12.6. The first-order chi connectivity index (χ1) is 19.5. The highest BCUT2D eigenvalue weighted by molar-refractivity contribution is 5.79. The van der Waals surface area contributed by atoms with Gasteiger partial charge in [-0.05, 0) is 31.7 Å². The molecule has 1 aromatic heterocycles. The Bertz CT molecular complexity index is 1170. The lowest BCUT2D eigenvalue weighted by atomic mass is 10.0. The monoisotopic (exact) mass is 610 g/mol. The predicted molar refractivity (Wildman–Crippen MR) is 135 cm³/mol. The molecule has 2 saturated heterocycles. The van der Waals surface area contributed by atoms with Gasteiger partial charge >= 0.3 is 24.3 Å². The zero-order chi connectivity index (χ0) is 31.7. The number of carboxylic acids is 2. The van der Waals surface area contributed by atoms with Crippen molar-refractivity contribution in [2.24, 2.45) is 5.73 Å². The standard InChI is InChI=1S/C21H30N6O.2C2HF3O2/c1-16-3-2-4-17(11-16)12-21(28)26-9-6-20(7-10-26)27-15-19(23-24-27)14-25-8-5-18(22)13-25;2*3-2(4,5)1(6)7/h2-4,11,15,18,20H,5-10,12-14,22H2,1H3;2*(H,6,7)/t18-;;/m1../s1. The minimum atomic E-state index is -5.08. The second-order valence-corrected chi connectivity index (χ2v) is 9.86. The molecule has 0 radical (unpaired) electrons. The van der Waals surface area contributed by atoms with Crippen LogP contribution in [0.1, 0.15) is 42.1 Å². The van der Waals surface area contributed by atoms with E-state index in [1.165, 1.54) is 5.56 Å². The molecule has 4 rings (SSSR count). The van der Waals surface area contributed by atoms with Gasteiger partial charge < -0.3 is 20.8 Å². The normalized spacial score (nSPS) is 18.0. The van der Waals surface area contributed by atoms with Crippen LogP contribution >= 0.6 is 0 Å². The molecule has 1 aromatic carbocycles. The van der Waals surface area contributed by atoms with Gasteiger partial charge in [-0.3, -0.25) is 9.69 Å². The topological polar surface area (TPSA) is 155 Å². The Hall–Kier alpha value is -3.73. The Morgan fingerprint density at radius 1 is 0.976 bits per heavy atom. The fourth-order valence-corrected chi connectivity index (χ4v) is 4.29. The van der Waals surface area contributed by atoms with Gasteiger partial charge in [-0.2, -0.15) is 26.3 Å². The first-order valence-corrected chi connectivity index (χ1v) is 12.8. The van der Waals surface area contributed by atoms with Gasteiger partial charge in [-0.15, -0.1) is 5.10 Å². The van der Waals surface area contributed by atoms with E-state index in [0.717, 1.165) is 63.2 Å². The summed E-state index contributed by atoms with van der Waals surface area (Å²) < 4.78 is 65.5. The number of aryl methyl sites for hydroxylation is 1. The number of likely N-dealkylation sites (tertiary alicyclic amines) is 2. The Balaban J connectivity index is 0.000000367. The first-order valence-electron chi connectivity index (χ1n) is 12.8. The molecule has 4 N–H and O–H groups in total. The van der Waals surface area contributed by atoms with E-state index in [-0.39, 0.29) is 11.9 Å². The first kappa shape index (κ1) is 34.5. The van der Waals surface area contributed by atoms with Crippen LogP contribution in [0.25, 0.3) is 0 Å². The lowest BCUT2D eigenvalue weighted by molar-refractivity contribution is -0.193. The lowest BCUT2D eigenvalue weighted by Crippen LogP contribution is -2.40. The second-order valence-electron chi connectivity index (χ2n) is 9.86. The molecular formula is C25H32F6N6O5. The van der Waals surface area contributed by atoms with Gasteiger partial charge in [0, 0.05) is 38.8 Å². The Kier molecular flexibility index (Phi) is 12.3. The van der Waals surface area contributed by atoms with Crippen molar-refractivity contribution in [3.05, 3.63) is 47.3 Å². The fraction of sp³-hybridized carbons (Fsp3) is 0.560. The van der Waals surface area contributed by atoms with Crippen molar-refractivity contribution in [3.63, 3.8) is 0 Å².